The summed E-state index contributed by atoms with van der Waals surface area (Å²) in [5.41, 5.74) is 6.74. The van der Waals surface area contributed by atoms with Crippen LogP contribution < -0.4 is 32.3 Å². The fraction of sp³-hybridized carbons (Fsp3) is 0.263. The van der Waals surface area contributed by atoms with E-state index in [0.29, 0.717) is 16.9 Å². The summed E-state index contributed by atoms with van der Waals surface area (Å²) < 4.78 is 43.1. The molecule has 0 radical (unpaired) electrons. The summed E-state index contributed by atoms with van der Waals surface area (Å²) in [6, 6.07) is 35.7. The number of alkyl carbamates (subject to hydrolysis) is 1. The molecule has 0 aliphatic rings. The number of hydrogen-bond acceptors (Lipinski definition) is 12. The Bertz CT molecular complexity index is 3280. The fourth-order valence-electron chi connectivity index (χ4n) is 6.84. The second-order valence-corrected chi connectivity index (χ2v) is 33.1. The second-order valence-electron chi connectivity index (χ2n) is 18.5. The first-order valence-electron chi connectivity index (χ1n) is 25.2. The van der Waals surface area contributed by atoms with Gasteiger partial charge in [0.2, 0.25) is 0 Å². The van der Waals surface area contributed by atoms with Gasteiger partial charge in [0.1, 0.15) is 48.7 Å². The highest BCUT2D eigenvalue weighted by molar-refractivity contribution is 14.1. The zero-order chi connectivity index (χ0) is 60.2. The number of benzene rings is 5. The van der Waals surface area contributed by atoms with Gasteiger partial charge in [-0.3, -0.25) is 10.6 Å². The number of amides is 7. The number of carbonyl (C=O) groups is 5. The Morgan fingerprint density at radius 2 is 1.02 bits per heavy atom. The van der Waals surface area contributed by atoms with Crippen LogP contribution in [0.25, 0.3) is 21.5 Å². The lowest BCUT2D eigenvalue weighted by atomic mass is 10.2. The van der Waals surface area contributed by atoms with Crippen molar-refractivity contribution in [1.82, 2.24) is 35.7 Å². The average molecular weight is 1360 g/mol. The molecule has 0 bridgehead atoms. The molecular weight excluding hydrogens is 1290 g/mol. The van der Waals surface area contributed by atoms with Crippen molar-refractivity contribution < 1.29 is 47.0 Å². The molecule has 7 aromatic rings. The molecule has 0 fully saturated rings. The molecule has 7 rings (SSSR count). The van der Waals surface area contributed by atoms with Crippen LogP contribution in [-0.2, 0) is 33.9 Å². The van der Waals surface area contributed by atoms with Crippen LogP contribution in [0.3, 0.4) is 0 Å². The third-order valence-corrected chi connectivity index (χ3v) is 12.0. The van der Waals surface area contributed by atoms with E-state index in [2.05, 4.69) is 78.0 Å². The summed E-state index contributed by atoms with van der Waals surface area (Å²) in [7, 11) is 2.99. The van der Waals surface area contributed by atoms with Crippen LogP contribution in [0.1, 0.15) is 23.6 Å². The molecule has 19 nitrogen and oxygen atoms in total. The first-order valence-corrected chi connectivity index (χ1v) is 32.6. The van der Waals surface area contributed by atoms with Gasteiger partial charge < -0.3 is 45.7 Å². The van der Waals surface area contributed by atoms with Gasteiger partial charge in [0.15, 0.2) is 0 Å². The van der Waals surface area contributed by atoms with Crippen LogP contribution >= 0.6 is 72.0 Å². The number of pyridine rings is 2. The van der Waals surface area contributed by atoms with Gasteiger partial charge in [-0.2, -0.15) is 32.3 Å². The number of fused-ring (bicyclic) bond motifs is 2. The third kappa shape index (κ3) is 26.2. The van der Waals surface area contributed by atoms with Gasteiger partial charge in [-0.15, -0.1) is 21.8 Å². The maximum absolute atomic E-state index is 13.8. The van der Waals surface area contributed by atoms with Gasteiger partial charge in [-0.25, -0.2) is 42.7 Å². The Kier molecular flexibility index (Phi) is 32.9. The highest BCUT2D eigenvalue weighted by atomic mass is 127. The summed E-state index contributed by atoms with van der Waals surface area (Å²) in [5.74, 6) is -0.535. The van der Waals surface area contributed by atoms with Crippen molar-refractivity contribution in [2.24, 2.45) is 5.73 Å². The van der Waals surface area contributed by atoms with Gasteiger partial charge in [0.05, 0.1) is 28.2 Å². The molecule has 5 aromatic carbocycles. The number of urea groups is 2. The molecule has 2 atom stereocenters. The maximum Gasteiger partial charge on any atom is 0.412 e. The zero-order valence-electron chi connectivity index (χ0n) is 46.9. The van der Waals surface area contributed by atoms with Crippen molar-refractivity contribution >= 4 is 141 Å². The number of ether oxygens (including phenoxy) is 3. The second kappa shape index (κ2) is 37.9. The van der Waals surface area contributed by atoms with Crippen LogP contribution in [0, 0.1) is 23.0 Å². The van der Waals surface area contributed by atoms with E-state index in [-0.39, 0.29) is 88.9 Å². The molecule has 0 saturated heterocycles. The Morgan fingerprint density at radius 3 is 1.45 bits per heavy atom. The van der Waals surface area contributed by atoms with E-state index >= 15 is 0 Å². The van der Waals surface area contributed by atoms with Gasteiger partial charge in [0, 0.05) is 70.4 Å². The molecule has 7 N–H and O–H groups in total. The van der Waals surface area contributed by atoms with E-state index in [4.69, 9.17) is 48.4 Å². The van der Waals surface area contributed by atoms with Crippen molar-refractivity contribution in [2.75, 3.05) is 51.0 Å². The molecule has 27 heteroatoms. The lowest BCUT2D eigenvalue weighted by molar-refractivity contribution is 0.110. The predicted octanol–water partition coefficient (Wildman–Crippen LogP) is 12.5. The Labute approximate surface area is 524 Å². The topological polar surface area (TPSA) is 255 Å². The molecule has 0 aliphatic heterocycles. The normalized spacial score (nSPS) is 10.9. The minimum atomic E-state index is -0.799. The summed E-state index contributed by atoms with van der Waals surface area (Å²) >= 11 is 14.4. The number of likely N-dealkylation sites (N-methyl/N-ethyl adjacent to an activating group) is 2. The molecule has 0 spiro atoms. The number of carbonyl (C=O) groups excluding carboxylic acids is 5. The molecular formula is C57H68Cl2F2IN11O8S2Si. The van der Waals surface area contributed by atoms with Crippen LogP contribution in [0.4, 0.5) is 44.4 Å². The van der Waals surface area contributed by atoms with Crippen molar-refractivity contribution in [3.63, 3.8) is 0 Å². The standard InChI is InChI=1S/C30H29ClFN5O5.C22H23ClFN5O3.C3H9ISi.C2H3N.2H2S/c1-37(28(38)34-16-23-12-7-13-25(32)27(23)31)24(17-35-29(39)41-18-20-8-3-2-4-9-20)19-42-30(40)36-26-14-21-10-5-6-11-22(21)15-33-26;1-29(21(30)27-12-16-7-4-8-18(24)20(16)23)17(10-25)13-32-22(31)28-19-9-14-5-2-3-6-15(14)11-26-19;1-5(2,3)4;1-2-3;;/h2-15,24H,16-19H2,1H3,(H,34,38)(H,35,39)(H,33,36,40);2-9,11,17H,10,12-13,25H2,1H3,(H,27,30)(H,26,28,31);1-3H3;1H3;2*1H2/t24-;17-;;;;/m00..../s1. The van der Waals surface area contributed by atoms with E-state index in [1.165, 1.54) is 55.1 Å². The summed E-state index contributed by atoms with van der Waals surface area (Å²) in [6.07, 6.45) is 1.05. The van der Waals surface area contributed by atoms with E-state index in [0.717, 1.165) is 27.1 Å². The Morgan fingerprint density at radius 1 is 0.631 bits per heavy atom. The Hall–Kier alpha value is -7.19. The number of aromatic nitrogens is 2. The first-order chi connectivity index (χ1) is 39.1. The highest BCUT2D eigenvalue weighted by Crippen LogP contribution is 2.22. The molecule has 450 valence electrons. The zero-order valence-corrected chi connectivity index (χ0v) is 53.5. The van der Waals surface area contributed by atoms with Crippen molar-refractivity contribution in [2.45, 2.75) is 58.3 Å². The maximum atomic E-state index is 13.8. The van der Waals surface area contributed by atoms with Crippen LogP contribution in [-0.4, -0.2) is 108 Å². The van der Waals surface area contributed by atoms with Crippen LogP contribution in [0.5, 0.6) is 0 Å². The van der Waals surface area contributed by atoms with E-state index in [1.54, 1.807) is 42.7 Å². The number of halogens is 5. The van der Waals surface area contributed by atoms with E-state index in [1.807, 2.05) is 78.9 Å². The molecule has 0 saturated carbocycles. The highest BCUT2D eigenvalue weighted by Gasteiger charge is 2.24. The Balaban J connectivity index is 0.000000510. The summed E-state index contributed by atoms with van der Waals surface area (Å²) in [4.78, 5) is 73.4. The van der Waals surface area contributed by atoms with Gasteiger partial charge in [-0.05, 0) is 51.7 Å². The van der Waals surface area contributed by atoms with Gasteiger partial charge >= 0.3 is 30.3 Å². The summed E-state index contributed by atoms with van der Waals surface area (Å²) in [5, 5.41) is 23.9. The van der Waals surface area contributed by atoms with Crippen LogP contribution in [0.15, 0.2) is 140 Å². The molecule has 2 aromatic heterocycles. The third-order valence-electron chi connectivity index (χ3n) is 11.2. The van der Waals surface area contributed by atoms with Crippen LogP contribution in [0.2, 0.25) is 29.7 Å². The average Bonchev–Trinajstić information content (AvgIpc) is 3.46. The molecule has 84 heavy (non-hydrogen) atoms. The lowest BCUT2D eigenvalue weighted by Crippen LogP contribution is -2.51. The SMILES string of the molecule is CC#N.CN(C(=O)NCc1cccc(F)c1Cl)[C@@H](CN)COC(=O)Nc1cc2ccccc2cn1.CN(C(=O)NCc1cccc(F)c1Cl)[C@@H](CNC(=O)OCc1ccccc1)COC(=O)Nc1cc2ccccc2cn1.C[Si](C)(C)I.S.S. The number of nitrogens with zero attached hydrogens (tertiary/aromatic N) is 5. The predicted molar refractivity (Wildman–Crippen MR) is 347 cm³/mol. The number of anilines is 2. The minimum absolute atomic E-state index is 0. The quantitative estimate of drug-likeness (QED) is 0.0215. The number of nitrogens with two attached hydrogens (primary N) is 1. The largest absolute Gasteiger partial charge is 0.447 e. The number of hydrogen-bond donors (Lipinski definition) is 6. The van der Waals surface area contributed by atoms with E-state index in [9.17, 15) is 32.8 Å². The van der Waals surface area contributed by atoms with Crippen molar-refractivity contribution in [3.8, 4) is 6.07 Å². The van der Waals surface area contributed by atoms with Crippen molar-refractivity contribution in [3.05, 3.63) is 178 Å². The fourth-order valence-corrected chi connectivity index (χ4v) is 7.23. The first kappa shape index (κ1) is 72.9. The molecule has 2 heterocycles. The van der Waals surface area contributed by atoms with E-state index < -0.39 is 59.6 Å². The lowest BCUT2D eigenvalue weighted by Gasteiger charge is -2.28. The molecule has 7 amide bonds. The van der Waals surface area contributed by atoms with Crippen molar-refractivity contribution in [1.29, 1.82) is 5.26 Å². The number of nitrogens with one attached hydrogen (secondary N) is 5. The summed E-state index contributed by atoms with van der Waals surface area (Å²) in [6.45, 7) is 7.98. The van der Waals surface area contributed by atoms with Gasteiger partial charge in [0.25, 0.3) is 0 Å². The number of nitriles is 1. The van der Waals surface area contributed by atoms with Gasteiger partial charge in [-0.1, -0.05) is 146 Å². The number of rotatable bonds is 17. The molecule has 0 unspecified atom stereocenters. The minimum Gasteiger partial charge on any atom is -0.447 e. The monoisotopic (exact) mass is 1360 g/mol. The smallest absolute Gasteiger partial charge is 0.412 e. The molecule has 0 aliphatic carbocycles.